The zero-order chi connectivity index (χ0) is 14.4. The van der Waals surface area contributed by atoms with Crippen molar-refractivity contribution >= 4 is 11.6 Å². The third-order valence-corrected chi connectivity index (χ3v) is 5.33. The highest BCUT2D eigenvalue weighted by Gasteiger charge is 2.34. The van der Waals surface area contributed by atoms with E-state index < -0.39 is 0 Å². The lowest BCUT2D eigenvalue weighted by molar-refractivity contribution is 0.0540. The molecular weight excluding hydrogens is 288 g/mol. The summed E-state index contributed by atoms with van der Waals surface area (Å²) < 4.78 is 10.8. The lowest BCUT2D eigenvalue weighted by Crippen LogP contribution is -2.54. The molecule has 3 aliphatic heterocycles. The first-order valence-electron chi connectivity index (χ1n) is 7.77. The third kappa shape index (κ3) is 2.50. The number of rotatable bonds is 2. The van der Waals surface area contributed by atoms with Gasteiger partial charge < -0.3 is 9.47 Å². The van der Waals surface area contributed by atoms with E-state index in [1.54, 1.807) is 0 Å². The molecule has 0 spiro atoms. The minimum absolute atomic E-state index is 0.298. The van der Waals surface area contributed by atoms with Gasteiger partial charge in [0, 0.05) is 42.8 Å². The summed E-state index contributed by atoms with van der Waals surface area (Å²) >= 11 is 6.41. The van der Waals surface area contributed by atoms with E-state index in [-0.39, 0.29) is 0 Å². The highest BCUT2D eigenvalue weighted by atomic mass is 35.5. The van der Waals surface area contributed by atoms with Crippen molar-refractivity contribution in [2.45, 2.75) is 38.4 Å². The number of nitrogens with zero attached hydrogens (tertiary/aromatic N) is 2. The van der Waals surface area contributed by atoms with Gasteiger partial charge in [0.25, 0.3) is 0 Å². The van der Waals surface area contributed by atoms with Gasteiger partial charge in [0.2, 0.25) is 6.79 Å². The summed E-state index contributed by atoms with van der Waals surface area (Å²) in [5.74, 6) is 1.58. The second-order valence-corrected chi connectivity index (χ2v) is 6.77. The van der Waals surface area contributed by atoms with Crippen LogP contribution >= 0.6 is 11.6 Å². The van der Waals surface area contributed by atoms with E-state index in [1.807, 2.05) is 12.1 Å². The Kier molecular flexibility index (Phi) is 3.48. The van der Waals surface area contributed by atoms with E-state index in [0.717, 1.165) is 41.2 Å². The van der Waals surface area contributed by atoms with Crippen molar-refractivity contribution in [3.05, 3.63) is 22.7 Å². The van der Waals surface area contributed by atoms with Crippen molar-refractivity contribution in [2.24, 2.45) is 0 Å². The third-order valence-electron chi connectivity index (χ3n) is 4.98. The van der Waals surface area contributed by atoms with E-state index in [2.05, 4.69) is 16.7 Å². The number of halogens is 1. The lowest BCUT2D eigenvalue weighted by Gasteiger charge is -2.42. The molecule has 4 rings (SSSR count). The predicted molar refractivity (Wildman–Crippen MR) is 82.0 cm³/mol. The standard InChI is InChI=1S/C16H21ClN2O2/c1-11-7-18-4-2-3-13(18)9-19(11)8-12-5-15-16(6-14(12)17)21-10-20-15/h5-6,11,13H,2-4,7-10H2,1H3/t11-,13-/m1/s1. The normalized spacial score (nSPS) is 28.9. The summed E-state index contributed by atoms with van der Waals surface area (Å²) in [4.78, 5) is 5.19. The Bertz CT molecular complexity index is 551. The smallest absolute Gasteiger partial charge is 0.231 e. The van der Waals surface area contributed by atoms with Crippen LogP contribution in [-0.2, 0) is 6.54 Å². The molecular formula is C16H21ClN2O2. The molecule has 2 saturated heterocycles. The Hall–Kier alpha value is -0.970. The van der Waals surface area contributed by atoms with Gasteiger partial charge in [-0.2, -0.15) is 0 Å². The maximum absolute atomic E-state index is 6.41. The number of hydrogen-bond donors (Lipinski definition) is 0. The molecule has 3 heterocycles. The van der Waals surface area contributed by atoms with Crippen molar-refractivity contribution in [1.82, 2.24) is 9.80 Å². The van der Waals surface area contributed by atoms with Gasteiger partial charge in [0.05, 0.1) is 0 Å². The van der Waals surface area contributed by atoms with Crippen LogP contribution in [0.3, 0.4) is 0 Å². The second kappa shape index (κ2) is 5.34. The topological polar surface area (TPSA) is 24.9 Å². The monoisotopic (exact) mass is 308 g/mol. The Labute approximate surface area is 130 Å². The maximum Gasteiger partial charge on any atom is 0.231 e. The molecule has 4 nitrogen and oxygen atoms in total. The molecule has 21 heavy (non-hydrogen) atoms. The highest BCUT2D eigenvalue weighted by molar-refractivity contribution is 6.31. The largest absolute Gasteiger partial charge is 0.454 e. The van der Waals surface area contributed by atoms with Crippen molar-refractivity contribution in [2.75, 3.05) is 26.4 Å². The molecule has 0 aliphatic carbocycles. The summed E-state index contributed by atoms with van der Waals surface area (Å²) in [6.07, 6.45) is 2.67. The van der Waals surface area contributed by atoms with E-state index in [0.29, 0.717) is 12.8 Å². The summed E-state index contributed by atoms with van der Waals surface area (Å²) in [6.45, 7) is 7.09. The Morgan fingerprint density at radius 3 is 2.90 bits per heavy atom. The molecule has 1 aromatic rings. The zero-order valence-electron chi connectivity index (χ0n) is 12.3. The van der Waals surface area contributed by atoms with Crippen LogP contribution in [0.2, 0.25) is 5.02 Å². The van der Waals surface area contributed by atoms with E-state index in [1.165, 1.54) is 25.9 Å². The number of fused-ring (bicyclic) bond motifs is 2. The van der Waals surface area contributed by atoms with Crippen molar-refractivity contribution in [3.63, 3.8) is 0 Å². The van der Waals surface area contributed by atoms with Gasteiger partial charge in [-0.15, -0.1) is 0 Å². The van der Waals surface area contributed by atoms with Crippen molar-refractivity contribution in [1.29, 1.82) is 0 Å². The fourth-order valence-electron chi connectivity index (χ4n) is 3.77. The van der Waals surface area contributed by atoms with Crippen molar-refractivity contribution in [3.8, 4) is 11.5 Å². The van der Waals surface area contributed by atoms with Crippen LogP contribution in [0.1, 0.15) is 25.3 Å². The molecule has 114 valence electrons. The Morgan fingerprint density at radius 2 is 2.05 bits per heavy atom. The first-order valence-corrected chi connectivity index (χ1v) is 8.14. The molecule has 1 aromatic carbocycles. The van der Waals surface area contributed by atoms with Crippen LogP contribution in [0, 0.1) is 0 Å². The van der Waals surface area contributed by atoms with E-state index >= 15 is 0 Å². The molecule has 2 fully saturated rings. The SMILES string of the molecule is C[C@@H]1CN2CCC[C@@H]2CN1Cc1cc2c(cc1Cl)OCO2. The maximum atomic E-state index is 6.41. The molecule has 3 aliphatic rings. The minimum Gasteiger partial charge on any atom is -0.454 e. The minimum atomic E-state index is 0.298. The lowest BCUT2D eigenvalue weighted by atomic mass is 10.1. The van der Waals surface area contributed by atoms with Crippen LogP contribution in [0.15, 0.2) is 12.1 Å². The van der Waals surface area contributed by atoms with Crippen LogP contribution in [-0.4, -0.2) is 48.3 Å². The second-order valence-electron chi connectivity index (χ2n) is 6.37. The van der Waals surface area contributed by atoms with E-state index in [9.17, 15) is 0 Å². The molecule has 0 unspecified atom stereocenters. The predicted octanol–water partition coefficient (Wildman–Crippen LogP) is 2.74. The molecule has 0 N–H and O–H groups in total. The average Bonchev–Trinajstić information content (AvgIpc) is 3.07. The molecule has 0 radical (unpaired) electrons. The van der Waals surface area contributed by atoms with E-state index in [4.69, 9.17) is 21.1 Å². The molecule has 2 atom stereocenters. The fourth-order valence-corrected chi connectivity index (χ4v) is 3.98. The first kappa shape index (κ1) is 13.7. The van der Waals surface area contributed by atoms with Gasteiger partial charge in [-0.25, -0.2) is 0 Å². The van der Waals surface area contributed by atoms with Gasteiger partial charge in [0.1, 0.15) is 0 Å². The molecule has 0 aromatic heterocycles. The summed E-state index contributed by atoms with van der Waals surface area (Å²) in [5, 5.41) is 0.778. The van der Waals surface area contributed by atoms with Crippen molar-refractivity contribution < 1.29 is 9.47 Å². The zero-order valence-corrected chi connectivity index (χ0v) is 13.1. The fraction of sp³-hybridized carbons (Fsp3) is 0.625. The average molecular weight is 309 g/mol. The Balaban J connectivity index is 1.53. The highest BCUT2D eigenvalue weighted by Crippen LogP contribution is 2.37. The first-order chi connectivity index (χ1) is 10.2. The number of piperazine rings is 1. The van der Waals surface area contributed by atoms with Gasteiger partial charge in [-0.1, -0.05) is 11.6 Å². The van der Waals surface area contributed by atoms with Crippen LogP contribution in [0.4, 0.5) is 0 Å². The van der Waals surface area contributed by atoms with Gasteiger partial charge in [-0.3, -0.25) is 9.80 Å². The number of benzene rings is 1. The van der Waals surface area contributed by atoms with Crippen LogP contribution < -0.4 is 9.47 Å². The number of hydrogen-bond acceptors (Lipinski definition) is 4. The van der Waals surface area contributed by atoms with Crippen LogP contribution in [0.5, 0.6) is 11.5 Å². The van der Waals surface area contributed by atoms with Gasteiger partial charge >= 0.3 is 0 Å². The van der Waals surface area contributed by atoms with Crippen LogP contribution in [0.25, 0.3) is 0 Å². The number of ether oxygens (including phenoxy) is 2. The molecule has 0 amide bonds. The summed E-state index contributed by atoms with van der Waals surface area (Å²) in [7, 11) is 0. The molecule has 0 bridgehead atoms. The Morgan fingerprint density at radius 1 is 1.24 bits per heavy atom. The summed E-state index contributed by atoms with van der Waals surface area (Å²) in [5.41, 5.74) is 1.14. The molecule has 5 heteroatoms. The van der Waals surface area contributed by atoms with Gasteiger partial charge in [-0.05, 0) is 37.9 Å². The quantitative estimate of drug-likeness (QED) is 0.839. The summed E-state index contributed by atoms with van der Waals surface area (Å²) in [6, 6.07) is 5.23. The molecule has 0 saturated carbocycles. The van der Waals surface area contributed by atoms with Gasteiger partial charge in [0.15, 0.2) is 11.5 Å².